The lowest BCUT2D eigenvalue weighted by Gasteiger charge is -2.21. The number of nitrogens with zero attached hydrogens (tertiary/aromatic N) is 1. The van der Waals surface area contributed by atoms with Crippen LogP contribution in [-0.2, 0) is 9.53 Å². The topological polar surface area (TPSA) is 55.8 Å². The SMILES string of the molecule is CCCN(CC(=O)OCC)C(=O)c1cccc(OC)c1. The van der Waals surface area contributed by atoms with E-state index in [1.54, 1.807) is 38.3 Å². The summed E-state index contributed by atoms with van der Waals surface area (Å²) in [5.74, 6) is 0.0273. The van der Waals surface area contributed by atoms with Crippen LogP contribution in [0.1, 0.15) is 30.6 Å². The summed E-state index contributed by atoms with van der Waals surface area (Å²) >= 11 is 0. The van der Waals surface area contributed by atoms with E-state index in [0.29, 0.717) is 24.5 Å². The molecule has 0 aliphatic heterocycles. The zero-order valence-corrected chi connectivity index (χ0v) is 12.2. The zero-order valence-electron chi connectivity index (χ0n) is 12.2. The minimum Gasteiger partial charge on any atom is -0.497 e. The smallest absolute Gasteiger partial charge is 0.325 e. The molecule has 5 heteroatoms. The summed E-state index contributed by atoms with van der Waals surface area (Å²) in [4.78, 5) is 25.4. The van der Waals surface area contributed by atoms with Gasteiger partial charge in [0, 0.05) is 12.1 Å². The minimum absolute atomic E-state index is 0.0300. The molecule has 0 fully saturated rings. The molecule has 0 saturated heterocycles. The third kappa shape index (κ3) is 4.57. The molecule has 1 aromatic rings. The van der Waals surface area contributed by atoms with Gasteiger partial charge < -0.3 is 14.4 Å². The Hall–Kier alpha value is -2.04. The molecule has 0 N–H and O–H groups in total. The van der Waals surface area contributed by atoms with Crippen LogP contribution >= 0.6 is 0 Å². The van der Waals surface area contributed by atoms with Crippen molar-refractivity contribution in [2.75, 3.05) is 26.8 Å². The molecule has 0 aliphatic rings. The van der Waals surface area contributed by atoms with Crippen molar-refractivity contribution < 1.29 is 19.1 Å². The van der Waals surface area contributed by atoms with Crippen molar-refractivity contribution in [3.05, 3.63) is 29.8 Å². The molecular weight excluding hydrogens is 258 g/mol. The van der Waals surface area contributed by atoms with E-state index in [2.05, 4.69) is 0 Å². The van der Waals surface area contributed by atoms with E-state index in [-0.39, 0.29) is 12.5 Å². The number of benzene rings is 1. The molecule has 1 rings (SSSR count). The van der Waals surface area contributed by atoms with Gasteiger partial charge in [0.15, 0.2) is 0 Å². The van der Waals surface area contributed by atoms with Gasteiger partial charge in [-0.3, -0.25) is 9.59 Å². The van der Waals surface area contributed by atoms with Gasteiger partial charge in [0.2, 0.25) is 0 Å². The van der Waals surface area contributed by atoms with Crippen LogP contribution in [-0.4, -0.2) is 43.6 Å². The predicted molar refractivity (Wildman–Crippen MR) is 75.8 cm³/mol. The molecule has 0 radical (unpaired) electrons. The van der Waals surface area contributed by atoms with Gasteiger partial charge in [0.1, 0.15) is 12.3 Å². The van der Waals surface area contributed by atoms with Gasteiger partial charge in [0.05, 0.1) is 13.7 Å². The van der Waals surface area contributed by atoms with E-state index < -0.39 is 5.97 Å². The van der Waals surface area contributed by atoms with Gasteiger partial charge in [0.25, 0.3) is 5.91 Å². The average molecular weight is 279 g/mol. The van der Waals surface area contributed by atoms with Crippen molar-refractivity contribution in [2.45, 2.75) is 20.3 Å². The second-order valence-electron chi connectivity index (χ2n) is 4.26. The Kier molecular flexibility index (Phi) is 6.56. The minimum atomic E-state index is -0.391. The molecule has 0 spiro atoms. The second-order valence-corrected chi connectivity index (χ2v) is 4.26. The molecule has 110 valence electrons. The molecule has 0 unspecified atom stereocenters. The fourth-order valence-corrected chi connectivity index (χ4v) is 1.82. The van der Waals surface area contributed by atoms with Crippen LogP contribution < -0.4 is 4.74 Å². The summed E-state index contributed by atoms with van der Waals surface area (Å²) in [5, 5.41) is 0. The monoisotopic (exact) mass is 279 g/mol. The fourth-order valence-electron chi connectivity index (χ4n) is 1.82. The molecule has 20 heavy (non-hydrogen) atoms. The number of rotatable bonds is 7. The Morgan fingerprint density at radius 3 is 2.60 bits per heavy atom. The standard InChI is InChI=1S/C15H21NO4/c1-4-9-16(11-14(17)20-5-2)15(18)12-7-6-8-13(10-12)19-3/h6-8,10H,4-5,9,11H2,1-3H3. The summed E-state index contributed by atoms with van der Waals surface area (Å²) < 4.78 is 9.99. The summed E-state index contributed by atoms with van der Waals surface area (Å²) in [5.41, 5.74) is 0.502. The Labute approximate surface area is 119 Å². The fraction of sp³-hybridized carbons (Fsp3) is 0.467. The molecule has 0 atom stereocenters. The second kappa shape index (κ2) is 8.19. The normalized spacial score (nSPS) is 9.95. The third-order valence-electron chi connectivity index (χ3n) is 2.72. The van der Waals surface area contributed by atoms with Crippen LogP contribution in [0.2, 0.25) is 0 Å². The Morgan fingerprint density at radius 2 is 2.00 bits per heavy atom. The molecule has 1 amide bonds. The number of ether oxygens (including phenoxy) is 2. The van der Waals surface area contributed by atoms with E-state index in [9.17, 15) is 9.59 Å². The van der Waals surface area contributed by atoms with Gasteiger partial charge >= 0.3 is 5.97 Å². The Morgan fingerprint density at radius 1 is 1.25 bits per heavy atom. The highest BCUT2D eigenvalue weighted by molar-refractivity contribution is 5.96. The molecule has 0 bridgehead atoms. The van der Waals surface area contributed by atoms with Crippen molar-refractivity contribution in [1.29, 1.82) is 0 Å². The van der Waals surface area contributed by atoms with Crippen molar-refractivity contribution in [1.82, 2.24) is 4.90 Å². The predicted octanol–water partition coefficient (Wildman–Crippen LogP) is 2.11. The molecule has 1 aromatic carbocycles. The third-order valence-corrected chi connectivity index (χ3v) is 2.72. The van der Waals surface area contributed by atoms with Crippen LogP contribution in [0.4, 0.5) is 0 Å². The van der Waals surface area contributed by atoms with E-state index in [1.165, 1.54) is 4.90 Å². The van der Waals surface area contributed by atoms with Crippen molar-refractivity contribution >= 4 is 11.9 Å². The van der Waals surface area contributed by atoms with E-state index >= 15 is 0 Å². The van der Waals surface area contributed by atoms with Gasteiger partial charge in [-0.15, -0.1) is 0 Å². The van der Waals surface area contributed by atoms with Crippen molar-refractivity contribution in [3.8, 4) is 5.75 Å². The number of esters is 1. The number of hydrogen-bond donors (Lipinski definition) is 0. The highest BCUT2D eigenvalue weighted by atomic mass is 16.5. The van der Waals surface area contributed by atoms with Gasteiger partial charge in [-0.1, -0.05) is 13.0 Å². The molecule has 0 aliphatic carbocycles. The maximum absolute atomic E-state index is 12.4. The number of hydrogen-bond acceptors (Lipinski definition) is 4. The quantitative estimate of drug-likeness (QED) is 0.717. The first kappa shape index (κ1) is 16.0. The molecule has 0 heterocycles. The molecule has 0 saturated carbocycles. The largest absolute Gasteiger partial charge is 0.497 e. The summed E-state index contributed by atoms with van der Waals surface area (Å²) in [6.07, 6.45) is 0.773. The van der Waals surface area contributed by atoms with Gasteiger partial charge in [-0.05, 0) is 31.5 Å². The van der Waals surface area contributed by atoms with Gasteiger partial charge in [-0.2, -0.15) is 0 Å². The number of carbonyl (C=O) groups is 2. The Bertz CT molecular complexity index is 459. The van der Waals surface area contributed by atoms with E-state index in [4.69, 9.17) is 9.47 Å². The molecule has 0 aromatic heterocycles. The lowest BCUT2D eigenvalue weighted by atomic mass is 10.2. The molecular formula is C15H21NO4. The highest BCUT2D eigenvalue weighted by Crippen LogP contribution is 2.14. The van der Waals surface area contributed by atoms with E-state index in [0.717, 1.165) is 6.42 Å². The summed E-state index contributed by atoms with van der Waals surface area (Å²) in [6.45, 7) is 4.49. The summed E-state index contributed by atoms with van der Waals surface area (Å²) in [6, 6.07) is 6.89. The van der Waals surface area contributed by atoms with Crippen LogP contribution in [0.3, 0.4) is 0 Å². The van der Waals surface area contributed by atoms with Crippen molar-refractivity contribution in [3.63, 3.8) is 0 Å². The highest BCUT2D eigenvalue weighted by Gasteiger charge is 2.19. The van der Waals surface area contributed by atoms with Gasteiger partial charge in [-0.25, -0.2) is 0 Å². The maximum atomic E-state index is 12.4. The first-order valence-corrected chi connectivity index (χ1v) is 6.71. The van der Waals surface area contributed by atoms with Crippen LogP contribution in [0.5, 0.6) is 5.75 Å². The lowest BCUT2D eigenvalue weighted by Crippen LogP contribution is -2.37. The van der Waals surface area contributed by atoms with E-state index in [1.807, 2.05) is 6.92 Å². The maximum Gasteiger partial charge on any atom is 0.325 e. The molecule has 5 nitrogen and oxygen atoms in total. The lowest BCUT2D eigenvalue weighted by molar-refractivity contribution is -0.143. The average Bonchev–Trinajstić information content (AvgIpc) is 2.46. The number of carbonyl (C=O) groups excluding carboxylic acids is 2. The first-order chi connectivity index (χ1) is 9.62. The Balaban J connectivity index is 2.84. The first-order valence-electron chi connectivity index (χ1n) is 6.71. The zero-order chi connectivity index (χ0) is 15.0. The van der Waals surface area contributed by atoms with Crippen LogP contribution in [0, 0.1) is 0 Å². The number of amides is 1. The van der Waals surface area contributed by atoms with Crippen LogP contribution in [0.25, 0.3) is 0 Å². The number of methoxy groups -OCH3 is 1. The van der Waals surface area contributed by atoms with Crippen molar-refractivity contribution in [2.24, 2.45) is 0 Å². The van der Waals surface area contributed by atoms with Crippen LogP contribution in [0.15, 0.2) is 24.3 Å². The summed E-state index contributed by atoms with van der Waals surface area (Å²) in [7, 11) is 1.55.